The Hall–Kier alpha value is -2.37. The lowest BCUT2D eigenvalue weighted by Gasteiger charge is -2.33. The fraction of sp³-hybridized carbons (Fsp3) is 0.471. The van der Waals surface area contributed by atoms with Gasteiger partial charge < -0.3 is 14.2 Å². The predicted octanol–water partition coefficient (Wildman–Crippen LogP) is 2.21. The molecule has 0 bridgehead atoms. The zero-order valence-electron chi connectivity index (χ0n) is 13.9. The number of rotatable bonds is 3. The summed E-state index contributed by atoms with van der Waals surface area (Å²) in [5.41, 5.74) is 3.11. The van der Waals surface area contributed by atoms with Crippen LogP contribution in [0.3, 0.4) is 0 Å². The number of amides is 1. The average molecular weight is 314 g/mol. The Kier molecular flexibility index (Phi) is 4.32. The van der Waals surface area contributed by atoms with E-state index < -0.39 is 0 Å². The van der Waals surface area contributed by atoms with Crippen molar-refractivity contribution in [3.63, 3.8) is 0 Å². The molecule has 1 aromatic carbocycles. The smallest absolute Gasteiger partial charge is 0.318 e. The second-order valence-corrected chi connectivity index (χ2v) is 5.91. The highest BCUT2D eigenvalue weighted by Crippen LogP contribution is 2.17. The van der Waals surface area contributed by atoms with Crippen LogP contribution in [0.5, 0.6) is 0 Å². The molecule has 0 spiro atoms. The summed E-state index contributed by atoms with van der Waals surface area (Å²) in [6, 6.07) is 6.43. The number of carbonyl (C=O) groups excluding carboxylic acids is 1. The Balaban J connectivity index is 1.63. The van der Waals surface area contributed by atoms with E-state index in [2.05, 4.69) is 17.1 Å². The van der Waals surface area contributed by atoms with Gasteiger partial charge in [-0.3, -0.25) is 4.79 Å². The summed E-state index contributed by atoms with van der Waals surface area (Å²) in [6.45, 7) is 8.81. The Labute approximate surface area is 136 Å². The quantitative estimate of drug-likeness (QED) is 0.869. The van der Waals surface area contributed by atoms with Crippen LogP contribution in [0.2, 0.25) is 0 Å². The van der Waals surface area contributed by atoms with Crippen LogP contribution >= 0.6 is 0 Å². The van der Waals surface area contributed by atoms with Gasteiger partial charge in [0.25, 0.3) is 5.91 Å². The topological polar surface area (TPSA) is 62.5 Å². The summed E-state index contributed by atoms with van der Waals surface area (Å²) in [4.78, 5) is 16.5. The number of anilines is 1. The first-order valence-corrected chi connectivity index (χ1v) is 8.02. The van der Waals surface area contributed by atoms with E-state index in [1.807, 2.05) is 41.8 Å². The summed E-state index contributed by atoms with van der Waals surface area (Å²) in [5, 5.41) is 8.06. The molecule has 2 heterocycles. The molecule has 0 aliphatic carbocycles. The van der Waals surface area contributed by atoms with Gasteiger partial charge in [0.2, 0.25) is 5.89 Å². The molecule has 2 aromatic rings. The number of hydrogen-bond donors (Lipinski definition) is 0. The molecule has 1 amide bonds. The minimum atomic E-state index is 0.0903. The van der Waals surface area contributed by atoms with Crippen molar-refractivity contribution in [1.82, 2.24) is 15.1 Å². The van der Waals surface area contributed by atoms with Crippen molar-refractivity contribution in [1.29, 1.82) is 0 Å². The molecule has 0 N–H and O–H groups in total. The molecule has 1 aliphatic heterocycles. The summed E-state index contributed by atoms with van der Waals surface area (Å²) in [5.74, 6) is 0.737. The normalized spacial score (nSPS) is 15.1. The third-order valence-corrected chi connectivity index (χ3v) is 4.35. The summed E-state index contributed by atoms with van der Waals surface area (Å²) >= 11 is 0. The van der Waals surface area contributed by atoms with E-state index in [9.17, 15) is 4.79 Å². The van der Waals surface area contributed by atoms with Crippen molar-refractivity contribution in [2.75, 3.05) is 31.1 Å². The van der Waals surface area contributed by atoms with Crippen molar-refractivity contribution in [3.8, 4) is 0 Å². The molecule has 1 aliphatic rings. The van der Waals surface area contributed by atoms with E-state index in [4.69, 9.17) is 4.42 Å². The number of piperazine rings is 1. The summed E-state index contributed by atoms with van der Waals surface area (Å²) in [6.07, 6.45) is 0.734. The van der Waals surface area contributed by atoms with Gasteiger partial charge in [0.05, 0.1) is 0 Å². The van der Waals surface area contributed by atoms with Crippen LogP contribution in [0.15, 0.2) is 22.6 Å². The van der Waals surface area contributed by atoms with E-state index in [-0.39, 0.29) is 5.91 Å². The highest BCUT2D eigenvalue weighted by atomic mass is 16.4. The van der Waals surface area contributed by atoms with Gasteiger partial charge in [0, 0.05) is 38.2 Å². The molecule has 1 fully saturated rings. The van der Waals surface area contributed by atoms with E-state index in [0.717, 1.165) is 17.5 Å². The zero-order valence-corrected chi connectivity index (χ0v) is 13.9. The van der Waals surface area contributed by atoms with Gasteiger partial charge in [-0.25, -0.2) is 0 Å². The Morgan fingerprint density at radius 1 is 1.13 bits per heavy atom. The molecule has 1 saturated heterocycles. The lowest BCUT2D eigenvalue weighted by atomic mass is 10.1. The SMILES string of the molecule is CCc1nnc(N2CCN(C(=O)c3ccc(C)c(C)c3)CC2)o1. The first-order chi connectivity index (χ1) is 11.1. The second kappa shape index (κ2) is 6.40. The zero-order chi connectivity index (χ0) is 16.4. The molecule has 23 heavy (non-hydrogen) atoms. The molecule has 3 rings (SSSR count). The van der Waals surface area contributed by atoms with Crippen molar-refractivity contribution in [2.45, 2.75) is 27.2 Å². The third kappa shape index (κ3) is 3.21. The third-order valence-electron chi connectivity index (χ3n) is 4.35. The molecule has 6 nitrogen and oxygen atoms in total. The molecule has 0 saturated carbocycles. The Bertz CT molecular complexity index is 702. The molecule has 0 radical (unpaired) electrons. The molecular formula is C17H22N4O2. The summed E-state index contributed by atoms with van der Waals surface area (Å²) < 4.78 is 5.58. The van der Waals surface area contributed by atoms with Crippen LogP contribution in [0, 0.1) is 13.8 Å². The van der Waals surface area contributed by atoms with E-state index in [1.54, 1.807) is 0 Å². The van der Waals surface area contributed by atoms with Gasteiger partial charge in [-0.2, -0.15) is 0 Å². The predicted molar refractivity (Wildman–Crippen MR) is 87.7 cm³/mol. The van der Waals surface area contributed by atoms with E-state index in [0.29, 0.717) is 38.1 Å². The number of carbonyl (C=O) groups is 1. The average Bonchev–Trinajstić information content (AvgIpc) is 3.06. The molecule has 122 valence electrons. The second-order valence-electron chi connectivity index (χ2n) is 5.91. The van der Waals surface area contributed by atoms with Crippen LogP contribution in [0.1, 0.15) is 34.3 Å². The van der Waals surface area contributed by atoms with E-state index >= 15 is 0 Å². The first-order valence-electron chi connectivity index (χ1n) is 8.02. The van der Waals surface area contributed by atoms with Crippen LogP contribution < -0.4 is 4.90 Å². The highest BCUT2D eigenvalue weighted by molar-refractivity contribution is 5.94. The van der Waals surface area contributed by atoms with Gasteiger partial charge in [-0.15, -0.1) is 5.10 Å². The molecule has 1 aromatic heterocycles. The Morgan fingerprint density at radius 3 is 2.48 bits per heavy atom. The molecular weight excluding hydrogens is 292 g/mol. The molecule has 0 atom stereocenters. The number of hydrogen-bond acceptors (Lipinski definition) is 5. The molecule has 0 unspecified atom stereocenters. The maximum atomic E-state index is 12.6. The molecule has 6 heteroatoms. The van der Waals surface area contributed by atoms with Crippen LogP contribution in [0.25, 0.3) is 0 Å². The number of aryl methyl sites for hydroxylation is 3. The monoisotopic (exact) mass is 314 g/mol. The van der Waals surface area contributed by atoms with Gasteiger partial charge >= 0.3 is 6.01 Å². The van der Waals surface area contributed by atoms with Crippen LogP contribution in [-0.4, -0.2) is 47.2 Å². The van der Waals surface area contributed by atoms with Crippen LogP contribution in [0.4, 0.5) is 6.01 Å². The highest BCUT2D eigenvalue weighted by Gasteiger charge is 2.25. The van der Waals surface area contributed by atoms with Crippen LogP contribution in [-0.2, 0) is 6.42 Å². The Morgan fingerprint density at radius 2 is 1.87 bits per heavy atom. The van der Waals surface area contributed by atoms with Gasteiger partial charge in [-0.1, -0.05) is 18.1 Å². The minimum absolute atomic E-state index is 0.0903. The lowest BCUT2D eigenvalue weighted by molar-refractivity contribution is 0.0745. The van der Waals surface area contributed by atoms with Crippen molar-refractivity contribution in [2.24, 2.45) is 0 Å². The maximum Gasteiger partial charge on any atom is 0.318 e. The first kappa shape index (κ1) is 15.5. The van der Waals surface area contributed by atoms with Gasteiger partial charge in [-0.05, 0) is 37.1 Å². The van der Waals surface area contributed by atoms with Crippen molar-refractivity contribution in [3.05, 3.63) is 40.8 Å². The number of aromatic nitrogens is 2. The lowest BCUT2D eigenvalue weighted by Crippen LogP contribution is -2.49. The van der Waals surface area contributed by atoms with Gasteiger partial charge in [0.1, 0.15) is 0 Å². The van der Waals surface area contributed by atoms with Crippen molar-refractivity contribution >= 4 is 11.9 Å². The van der Waals surface area contributed by atoms with Gasteiger partial charge in [0.15, 0.2) is 0 Å². The van der Waals surface area contributed by atoms with Crippen molar-refractivity contribution < 1.29 is 9.21 Å². The number of benzene rings is 1. The van der Waals surface area contributed by atoms with E-state index in [1.165, 1.54) is 5.56 Å². The number of nitrogens with zero attached hydrogens (tertiary/aromatic N) is 4. The fourth-order valence-corrected chi connectivity index (χ4v) is 2.67. The standard InChI is InChI=1S/C17H22N4O2/c1-4-15-18-19-17(23-15)21-9-7-20(8-10-21)16(22)14-6-5-12(2)13(3)11-14/h5-6,11H,4,7-10H2,1-3H3. The minimum Gasteiger partial charge on any atom is -0.408 e. The largest absolute Gasteiger partial charge is 0.408 e. The summed E-state index contributed by atoms with van der Waals surface area (Å²) in [7, 11) is 0. The fourth-order valence-electron chi connectivity index (χ4n) is 2.67. The maximum absolute atomic E-state index is 12.6.